The molecule has 1 aromatic heterocycles. The predicted molar refractivity (Wildman–Crippen MR) is 119 cm³/mol. The third kappa shape index (κ3) is 3.99. The highest BCUT2D eigenvalue weighted by Crippen LogP contribution is 2.33. The molecule has 0 aliphatic carbocycles. The maximum Gasteiger partial charge on any atom is 0.208 e. The summed E-state index contributed by atoms with van der Waals surface area (Å²) in [4.78, 5) is 17.2. The topological polar surface area (TPSA) is 73.3 Å². The Morgan fingerprint density at radius 3 is 2.34 bits per heavy atom. The van der Waals surface area contributed by atoms with Crippen molar-refractivity contribution in [3.05, 3.63) is 95.4 Å². The summed E-state index contributed by atoms with van der Waals surface area (Å²) in [5.74, 6) is -0.608. The number of carbonyl (C=O) groups is 1. The Morgan fingerprint density at radius 1 is 1.00 bits per heavy atom. The number of rotatable bonds is 6. The lowest BCUT2D eigenvalue weighted by Crippen LogP contribution is -2.13. The number of aryl methyl sites for hydroxylation is 1. The molecule has 0 saturated heterocycles. The summed E-state index contributed by atoms with van der Waals surface area (Å²) in [6, 6.07) is 16.4. The van der Waals surface area contributed by atoms with E-state index in [2.05, 4.69) is 4.98 Å². The molecule has 5 nitrogen and oxygen atoms in total. The van der Waals surface area contributed by atoms with Crippen LogP contribution in [0.5, 0.6) is 5.75 Å². The van der Waals surface area contributed by atoms with Crippen molar-refractivity contribution < 1.29 is 22.3 Å². The van der Waals surface area contributed by atoms with Crippen LogP contribution >= 0.6 is 0 Å². The van der Waals surface area contributed by atoms with Crippen LogP contribution in [-0.2, 0) is 9.84 Å². The minimum Gasteiger partial charge on any atom is -0.494 e. The number of nitrogens with zero attached hydrogens (tertiary/aromatic N) is 1. The highest BCUT2D eigenvalue weighted by Gasteiger charge is 2.28. The molecule has 0 fully saturated rings. The Kier molecular flexibility index (Phi) is 5.76. The molecule has 0 aliphatic rings. The van der Waals surface area contributed by atoms with Gasteiger partial charge in [0, 0.05) is 17.1 Å². The van der Waals surface area contributed by atoms with Crippen molar-refractivity contribution in [2.75, 3.05) is 6.61 Å². The number of carbonyl (C=O) groups excluding carboxylic acids is 1. The number of hydrogen-bond acceptors (Lipinski definition) is 5. The van der Waals surface area contributed by atoms with Crippen LogP contribution in [0.2, 0.25) is 0 Å². The zero-order chi connectivity index (χ0) is 22.9. The summed E-state index contributed by atoms with van der Waals surface area (Å²) in [5, 5.41) is 0.0526. The molecule has 4 rings (SSSR count). The number of benzene rings is 3. The zero-order valence-corrected chi connectivity index (χ0v) is 18.3. The van der Waals surface area contributed by atoms with E-state index in [1.54, 1.807) is 36.4 Å². The molecule has 0 bridgehead atoms. The summed E-state index contributed by atoms with van der Waals surface area (Å²) in [6.07, 6.45) is 1.24. The molecule has 3 aromatic carbocycles. The maximum atomic E-state index is 14.1. The summed E-state index contributed by atoms with van der Waals surface area (Å²) in [6.45, 7) is 4.15. The average molecular weight is 450 g/mol. The van der Waals surface area contributed by atoms with Gasteiger partial charge in [-0.3, -0.25) is 9.78 Å². The number of hydrogen-bond donors (Lipinski definition) is 0. The molecule has 0 saturated carbocycles. The van der Waals surface area contributed by atoms with Crippen molar-refractivity contribution in [1.29, 1.82) is 0 Å². The van der Waals surface area contributed by atoms with Crippen LogP contribution in [0, 0.1) is 12.7 Å². The molecule has 0 amide bonds. The van der Waals surface area contributed by atoms with Crippen LogP contribution in [0.25, 0.3) is 10.9 Å². The number of halogens is 1. The van der Waals surface area contributed by atoms with Gasteiger partial charge in [0.15, 0.2) is 5.78 Å². The van der Waals surface area contributed by atoms with Gasteiger partial charge in [-0.1, -0.05) is 29.8 Å². The van der Waals surface area contributed by atoms with E-state index in [4.69, 9.17) is 4.74 Å². The van der Waals surface area contributed by atoms with E-state index in [0.717, 1.165) is 11.6 Å². The van der Waals surface area contributed by atoms with Gasteiger partial charge in [-0.25, -0.2) is 12.8 Å². The molecule has 1 heterocycles. The highest BCUT2D eigenvalue weighted by molar-refractivity contribution is 7.91. The predicted octanol–water partition coefficient (Wildman–Crippen LogP) is 5.14. The number of fused-ring (bicyclic) bond motifs is 1. The average Bonchev–Trinajstić information content (AvgIpc) is 2.78. The van der Waals surface area contributed by atoms with E-state index < -0.39 is 21.4 Å². The van der Waals surface area contributed by atoms with Crippen LogP contribution in [0.3, 0.4) is 0 Å². The first kappa shape index (κ1) is 21.6. The monoisotopic (exact) mass is 449 g/mol. The summed E-state index contributed by atoms with van der Waals surface area (Å²) >= 11 is 0. The molecule has 0 spiro atoms. The summed E-state index contributed by atoms with van der Waals surface area (Å²) in [5.41, 5.74) is 1.44. The van der Waals surface area contributed by atoms with Gasteiger partial charge in [-0.05, 0) is 56.3 Å². The van der Waals surface area contributed by atoms with Gasteiger partial charge in [-0.15, -0.1) is 0 Å². The summed E-state index contributed by atoms with van der Waals surface area (Å²) < 4.78 is 46.9. The number of ether oxygens (including phenoxy) is 1. The van der Waals surface area contributed by atoms with E-state index in [1.165, 1.54) is 30.5 Å². The fraction of sp³-hybridized carbons (Fsp3) is 0.120. The Balaban J connectivity index is 1.96. The second-order valence-corrected chi connectivity index (χ2v) is 9.15. The normalized spacial score (nSPS) is 11.5. The van der Waals surface area contributed by atoms with Crippen molar-refractivity contribution >= 4 is 26.5 Å². The number of sulfone groups is 1. The molecular formula is C25H20FNO4S. The SMILES string of the molecule is CCOc1ccc(S(=O)(=O)c2c(C(=O)c3ccc(C)cc3)cnc3ccc(F)cc23)cc1. The minimum atomic E-state index is -4.19. The van der Waals surface area contributed by atoms with Gasteiger partial charge in [-0.2, -0.15) is 0 Å². The first-order valence-corrected chi connectivity index (χ1v) is 11.5. The van der Waals surface area contributed by atoms with E-state index in [1.807, 2.05) is 13.8 Å². The Hall–Kier alpha value is -3.58. The van der Waals surface area contributed by atoms with Crippen molar-refractivity contribution in [3.8, 4) is 5.75 Å². The highest BCUT2D eigenvalue weighted by atomic mass is 32.2. The van der Waals surface area contributed by atoms with E-state index >= 15 is 0 Å². The summed E-state index contributed by atoms with van der Waals surface area (Å²) in [7, 11) is -4.19. The molecular weight excluding hydrogens is 429 g/mol. The quantitative estimate of drug-likeness (QED) is 0.381. The van der Waals surface area contributed by atoms with Gasteiger partial charge >= 0.3 is 0 Å². The smallest absolute Gasteiger partial charge is 0.208 e. The molecule has 0 atom stereocenters. The van der Waals surface area contributed by atoms with Crippen molar-refractivity contribution in [1.82, 2.24) is 4.98 Å². The number of aromatic nitrogens is 1. The molecule has 7 heteroatoms. The van der Waals surface area contributed by atoms with Gasteiger partial charge in [0.1, 0.15) is 11.6 Å². The lowest BCUT2D eigenvalue weighted by molar-refractivity contribution is 0.103. The number of ketones is 1. The Labute approximate surface area is 185 Å². The third-order valence-electron chi connectivity index (χ3n) is 5.05. The van der Waals surface area contributed by atoms with E-state index in [0.29, 0.717) is 17.9 Å². The van der Waals surface area contributed by atoms with Gasteiger partial charge in [0.2, 0.25) is 9.84 Å². The zero-order valence-electron chi connectivity index (χ0n) is 17.5. The van der Waals surface area contributed by atoms with Crippen LogP contribution in [0.15, 0.2) is 82.7 Å². The first-order valence-electron chi connectivity index (χ1n) is 9.99. The van der Waals surface area contributed by atoms with Crippen LogP contribution in [-0.4, -0.2) is 25.8 Å². The minimum absolute atomic E-state index is 0.0318. The molecule has 4 aromatic rings. The van der Waals surface area contributed by atoms with Crippen LogP contribution < -0.4 is 4.74 Å². The van der Waals surface area contributed by atoms with Crippen molar-refractivity contribution in [3.63, 3.8) is 0 Å². The van der Waals surface area contributed by atoms with Crippen LogP contribution in [0.1, 0.15) is 28.4 Å². The fourth-order valence-corrected chi connectivity index (χ4v) is 5.07. The third-order valence-corrected chi connectivity index (χ3v) is 6.92. The number of pyridine rings is 1. The van der Waals surface area contributed by atoms with Crippen molar-refractivity contribution in [2.24, 2.45) is 0 Å². The van der Waals surface area contributed by atoms with E-state index in [9.17, 15) is 17.6 Å². The largest absolute Gasteiger partial charge is 0.494 e. The lowest BCUT2D eigenvalue weighted by Gasteiger charge is -2.14. The van der Waals surface area contributed by atoms with Gasteiger partial charge in [0.25, 0.3) is 0 Å². The maximum absolute atomic E-state index is 14.1. The Morgan fingerprint density at radius 2 is 1.69 bits per heavy atom. The van der Waals surface area contributed by atoms with E-state index in [-0.39, 0.29) is 26.3 Å². The fourth-order valence-electron chi connectivity index (χ4n) is 3.45. The second kappa shape index (κ2) is 8.51. The Bertz CT molecular complexity index is 1410. The molecule has 32 heavy (non-hydrogen) atoms. The second-order valence-electron chi connectivity index (χ2n) is 7.27. The first-order chi connectivity index (χ1) is 15.3. The standard InChI is InChI=1S/C25H20FNO4S/c1-3-31-19-9-11-20(12-10-19)32(29,30)25-21-14-18(26)8-13-23(21)27-15-22(25)24(28)17-6-4-16(2)5-7-17/h4-15H,3H2,1-2H3. The van der Waals surface area contributed by atoms with Crippen LogP contribution in [0.4, 0.5) is 4.39 Å². The molecule has 0 aliphatic heterocycles. The van der Waals surface area contributed by atoms with Gasteiger partial charge < -0.3 is 4.74 Å². The molecule has 0 unspecified atom stereocenters. The van der Waals surface area contributed by atoms with Crippen molar-refractivity contribution in [2.45, 2.75) is 23.6 Å². The molecule has 0 radical (unpaired) electrons. The molecule has 0 N–H and O–H groups in total. The van der Waals surface area contributed by atoms with Gasteiger partial charge in [0.05, 0.1) is 27.5 Å². The molecule has 162 valence electrons. The lowest BCUT2D eigenvalue weighted by atomic mass is 10.0.